The molecule has 0 fully saturated rings. The molecule has 2 aliphatic rings. The molecule has 0 spiro atoms. The third-order valence-corrected chi connectivity index (χ3v) is 8.90. The van der Waals surface area contributed by atoms with Crippen LogP contribution < -0.4 is 5.32 Å². The number of imidazole rings is 1. The number of nitrogens with one attached hydrogen (secondary N) is 1. The molecule has 33 heavy (non-hydrogen) atoms. The third-order valence-electron chi connectivity index (χ3n) is 6.59. The van der Waals surface area contributed by atoms with Crippen LogP contribution in [0.3, 0.4) is 0 Å². The van der Waals surface area contributed by atoms with E-state index >= 15 is 0 Å². The maximum absolute atomic E-state index is 5.06. The van der Waals surface area contributed by atoms with Gasteiger partial charge in [0.2, 0.25) is 0 Å². The highest BCUT2D eigenvalue weighted by atomic mass is 32.2. The summed E-state index contributed by atoms with van der Waals surface area (Å²) >= 11 is 3.67. The van der Waals surface area contributed by atoms with Gasteiger partial charge in [-0.2, -0.15) is 0 Å². The van der Waals surface area contributed by atoms with Crippen molar-refractivity contribution >= 4 is 50.0 Å². The van der Waals surface area contributed by atoms with Gasteiger partial charge in [0.15, 0.2) is 4.34 Å². The number of fused-ring (bicyclic) bond motifs is 6. The van der Waals surface area contributed by atoms with Crippen LogP contribution in [0.1, 0.15) is 31.8 Å². The maximum Gasteiger partial charge on any atom is 0.155 e. The normalized spacial score (nSPS) is 17.8. The Kier molecular flexibility index (Phi) is 4.55. The molecule has 5 aromatic rings. The highest BCUT2D eigenvalue weighted by Crippen LogP contribution is 2.47. The summed E-state index contributed by atoms with van der Waals surface area (Å²) in [5.74, 6) is 1.05. The molecule has 1 N–H and O–H groups in total. The quantitative estimate of drug-likeness (QED) is 0.294. The molecule has 1 aliphatic carbocycles. The van der Waals surface area contributed by atoms with E-state index in [-0.39, 0.29) is 6.17 Å². The van der Waals surface area contributed by atoms with Crippen molar-refractivity contribution in [3.63, 3.8) is 0 Å². The first-order valence-corrected chi connectivity index (χ1v) is 13.1. The number of thiazole rings is 1. The van der Waals surface area contributed by atoms with Gasteiger partial charge in [-0.1, -0.05) is 48.2 Å². The van der Waals surface area contributed by atoms with Crippen molar-refractivity contribution in [2.75, 3.05) is 5.32 Å². The van der Waals surface area contributed by atoms with Gasteiger partial charge in [-0.15, -0.1) is 11.3 Å². The number of hydrogen-bond acceptors (Lipinski definition) is 5. The highest BCUT2D eigenvalue weighted by molar-refractivity contribution is 8.04. The van der Waals surface area contributed by atoms with Gasteiger partial charge in [-0.05, 0) is 72.6 Å². The molecule has 0 radical (unpaired) electrons. The number of para-hydroxylation sites is 4. The molecule has 2 aromatic heterocycles. The van der Waals surface area contributed by atoms with Crippen molar-refractivity contribution in [3.05, 3.63) is 83.3 Å². The number of anilines is 1. The Morgan fingerprint density at radius 1 is 0.848 bits per heavy atom. The Labute approximate surface area is 200 Å². The second-order valence-corrected chi connectivity index (χ2v) is 11.0. The molecule has 0 amide bonds. The Morgan fingerprint density at radius 3 is 2.58 bits per heavy atom. The van der Waals surface area contributed by atoms with Crippen LogP contribution in [0.25, 0.3) is 32.6 Å². The first-order chi connectivity index (χ1) is 16.3. The Balaban J connectivity index is 1.39. The second-order valence-electron chi connectivity index (χ2n) is 8.59. The molecule has 0 saturated heterocycles. The number of nitrogens with zero attached hydrogens (tertiary/aromatic N) is 3. The molecule has 0 saturated carbocycles. The zero-order chi connectivity index (χ0) is 21.8. The Morgan fingerprint density at radius 2 is 1.64 bits per heavy atom. The van der Waals surface area contributed by atoms with E-state index in [9.17, 15) is 0 Å². The van der Waals surface area contributed by atoms with E-state index in [4.69, 9.17) is 9.97 Å². The predicted molar refractivity (Wildman–Crippen MR) is 139 cm³/mol. The summed E-state index contributed by atoms with van der Waals surface area (Å²) in [7, 11) is 0. The summed E-state index contributed by atoms with van der Waals surface area (Å²) in [6, 6.07) is 25.5. The minimum atomic E-state index is 0.0690. The topological polar surface area (TPSA) is 42.7 Å². The van der Waals surface area contributed by atoms with Crippen LogP contribution in [0.2, 0.25) is 0 Å². The summed E-state index contributed by atoms with van der Waals surface area (Å²) in [5.41, 5.74) is 7.13. The summed E-state index contributed by atoms with van der Waals surface area (Å²) in [5, 5.41) is 3.88. The SMILES string of the molecule is c1ccc2c(c1)NC(C1=C(Sc3nc4ccccc4s3)CCCC1)n1c-2nc2ccccc21. The molecule has 1 aliphatic heterocycles. The largest absolute Gasteiger partial charge is 0.361 e. The first-order valence-electron chi connectivity index (χ1n) is 11.4. The molecule has 3 heterocycles. The van der Waals surface area contributed by atoms with Crippen molar-refractivity contribution < 1.29 is 0 Å². The smallest absolute Gasteiger partial charge is 0.155 e. The number of thioether (sulfide) groups is 1. The van der Waals surface area contributed by atoms with E-state index in [0.717, 1.165) is 39.7 Å². The van der Waals surface area contributed by atoms with E-state index in [2.05, 4.69) is 82.7 Å². The van der Waals surface area contributed by atoms with Gasteiger partial charge in [0, 0.05) is 11.3 Å². The van der Waals surface area contributed by atoms with Crippen molar-refractivity contribution in [1.82, 2.24) is 14.5 Å². The summed E-state index contributed by atoms with van der Waals surface area (Å²) in [4.78, 5) is 11.4. The summed E-state index contributed by atoms with van der Waals surface area (Å²) < 4.78 is 4.81. The van der Waals surface area contributed by atoms with Crippen LogP contribution >= 0.6 is 23.1 Å². The average Bonchev–Trinajstić information content (AvgIpc) is 3.45. The fourth-order valence-corrected chi connectivity index (χ4v) is 7.44. The molecular formula is C27H22N4S2. The number of benzene rings is 3. The van der Waals surface area contributed by atoms with Crippen molar-refractivity contribution in [3.8, 4) is 11.4 Å². The lowest BCUT2D eigenvalue weighted by Gasteiger charge is -2.34. The van der Waals surface area contributed by atoms with Crippen LogP contribution in [-0.4, -0.2) is 14.5 Å². The number of hydrogen-bond donors (Lipinski definition) is 1. The van der Waals surface area contributed by atoms with E-state index in [1.807, 2.05) is 11.8 Å². The molecule has 1 atom stereocenters. The minimum absolute atomic E-state index is 0.0690. The lowest BCUT2D eigenvalue weighted by molar-refractivity contribution is 0.576. The molecule has 1 unspecified atom stereocenters. The molecule has 7 rings (SSSR count). The molecular weight excluding hydrogens is 444 g/mol. The molecule has 6 heteroatoms. The summed E-state index contributed by atoms with van der Waals surface area (Å²) in [6.45, 7) is 0. The Bertz CT molecular complexity index is 1510. The molecule has 0 bridgehead atoms. The van der Waals surface area contributed by atoms with Crippen molar-refractivity contribution in [1.29, 1.82) is 0 Å². The number of allylic oxidation sites excluding steroid dienone is 1. The zero-order valence-corrected chi connectivity index (χ0v) is 19.6. The van der Waals surface area contributed by atoms with Gasteiger partial charge >= 0.3 is 0 Å². The van der Waals surface area contributed by atoms with Crippen LogP contribution in [0.5, 0.6) is 0 Å². The number of rotatable bonds is 3. The van der Waals surface area contributed by atoms with E-state index in [1.165, 1.54) is 39.1 Å². The van der Waals surface area contributed by atoms with E-state index < -0.39 is 0 Å². The molecule has 3 aromatic carbocycles. The zero-order valence-electron chi connectivity index (χ0n) is 18.0. The first kappa shape index (κ1) is 19.4. The monoisotopic (exact) mass is 466 g/mol. The van der Waals surface area contributed by atoms with E-state index in [0.29, 0.717) is 0 Å². The number of aromatic nitrogens is 3. The third kappa shape index (κ3) is 3.20. The van der Waals surface area contributed by atoms with Gasteiger partial charge in [-0.25, -0.2) is 9.97 Å². The fourth-order valence-electron chi connectivity index (χ4n) is 5.06. The standard InChI is InChI=1S/C27H22N4S2/c1-3-11-19-17(9-1)25-29-20-12-4-6-14-22(20)31(25)26(28-19)18-10-2-7-15-23(18)32-27-30-21-13-5-8-16-24(21)33-27/h1,3-6,8-9,11-14,16,26,28H,2,7,10,15H2. The second kappa shape index (κ2) is 7.75. The minimum Gasteiger partial charge on any atom is -0.361 e. The molecule has 162 valence electrons. The van der Waals surface area contributed by atoms with E-state index in [1.54, 1.807) is 11.3 Å². The van der Waals surface area contributed by atoms with Crippen LogP contribution in [0.15, 0.2) is 87.6 Å². The molecule has 4 nitrogen and oxygen atoms in total. The van der Waals surface area contributed by atoms with Crippen LogP contribution in [0.4, 0.5) is 5.69 Å². The van der Waals surface area contributed by atoms with Gasteiger partial charge in [-0.3, -0.25) is 4.57 Å². The van der Waals surface area contributed by atoms with Gasteiger partial charge in [0.25, 0.3) is 0 Å². The van der Waals surface area contributed by atoms with Crippen molar-refractivity contribution in [2.24, 2.45) is 0 Å². The van der Waals surface area contributed by atoms with Crippen LogP contribution in [0, 0.1) is 0 Å². The predicted octanol–water partition coefficient (Wildman–Crippen LogP) is 7.86. The average molecular weight is 467 g/mol. The van der Waals surface area contributed by atoms with Crippen LogP contribution in [-0.2, 0) is 0 Å². The highest BCUT2D eigenvalue weighted by Gasteiger charge is 2.32. The Hall–Kier alpha value is -3.09. The van der Waals surface area contributed by atoms with Gasteiger partial charge in [0.1, 0.15) is 12.0 Å². The van der Waals surface area contributed by atoms with Gasteiger partial charge in [0.05, 0.1) is 21.3 Å². The lowest BCUT2D eigenvalue weighted by Crippen LogP contribution is -2.27. The van der Waals surface area contributed by atoms with Crippen molar-refractivity contribution in [2.45, 2.75) is 36.2 Å². The maximum atomic E-state index is 5.06. The van der Waals surface area contributed by atoms with Gasteiger partial charge < -0.3 is 5.32 Å². The lowest BCUT2D eigenvalue weighted by atomic mass is 9.95. The fraction of sp³-hybridized carbons (Fsp3) is 0.185. The summed E-state index contributed by atoms with van der Waals surface area (Å²) in [6.07, 6.45) is 4.73.